The molecule has 0 aliphatic heterocycles. The van der Waals surface area contributed by atoms with Crippen LogP contribution in [0.25, 0.3) is 0 Å². The molecule has 0 atom stereocenters. The monoisotopic (exact) mass is 462 g/mol. The first kappa shape index (κ1) is 20.9. The van der Waals surface area contributed by atoms with Gasteiger partial charge >= 0.3 is 0 Å². The van der Waals surface area contributed by atoms with Crippen LogP contribution >= 0.6 is 35.3 Å². The number of thiazole rings is 1. The van der Waals surface area contributed by atoms with E-state index in [0.29, 0.717) is 0 Å². The van der Waals surface area contributed by atoms with Gasteiger partial charge in [0.15, 0.2) is 5.96 Å². The Morgan fingerprint density at radius 2 is 1.88 bits per heavy atom. The lowest BCUT2D eigenvalue weighted by Crippen LogP contribution is -2.39. The molecule has 2 N–H and O–H groups in total. The summed E-state index contributed by atoms with van der Waals surface area (Å²) in [5.41, 5.74) is 4.78. The highest BCUT2D eigenvalue weighted by atomic mass is 127. The van der Waals surface area contributed by atoms with Crippen molar-refractivity contribution in [2.45, 2.75) is 33.6 Å². The number of nitrogens with zero attached hydrogens (tertiary/aromatic N) is 4. The Hall–Kier alpha value is -1.16. The third-order valence-corrected chi connectivity index (χ3v) is 4.71. The molecule has 8 heteroatoms. The van der Waals surface area contributed by atoms with Crippen molar-refractivity contribution in [3.8, 4) is 0 Å². The van der Waals surface area contributed by atoms with Gasteiger partial charge in [-0.25, -0.2) is 4.98 Å². The van der Waals surface area contributed by atoms with E-state index in [0.717, 1.165) is 48.3 Å². The lowest BCUT2D eigenvalue weighted by Gasteiger charge is -2.11. The highest BCUT2D eigenvalue weighted by Crippen LogP contribution is 2.11. The Morgan fingerprint density at radius 3 is 2.38 bits per heavy atom. The van der Waals surface area contributed by atoms with Crippen molar-refractivity contribution in [2.75, 3.05) is 20.1 Å². The van der Waals surface area contributed by atoms with Crippen molar-refractivity contribution >= 4 is 41.3 Å². The average Bonchev–Trinajstić information content (AvgIpc) is 3.03. The summed E-state index contributed by atoms with van der Waals surface area (Å²) in [6.07, 6.45) is 1.85. The molecule has 0 saturated carbocycles. The van der Waals surface area contributed by atoms with E-state index in [4.69, 9.17) is 0 Å². The second-order valence-electron chi connectivity index (χ2n) is 5.56. The summed E-state index contributed by atoms with van der Waals surface area (Å²) in [5.74, 6) is 0.830. The Balaban J connectivity index is 0.00000288. The summed E-state index contributed by atoms with van der Waals surface area (Å²) in [7, 11) is 3.78. The third kappa shape index (κ3) is 5.73. The van der Waals surface area contributed by atoms with Crippen molar-refractivity contribution < 1.29 is 0 Å². The smallest absolute Gasteiger partial charge is 0.190 e. The van der Waals surface area contributed by atoms with Crippen LogP contribution in [0, 0.1) is 20.8 Å². The van der Waals surface area contributed by atoms with Crippen LogP contribution in [-0.2, 0) is 19.9 Å². The summed E-state index contributed by atoms with van der Waals surface area (Å²) in [5, 5.41) is 14.4. The SMILES string of the molecule is CN=C(NCCc1csc(C)n1)NCCc1c(C)nn(C)c1C.I. The Bertz CT molecular complexity index is 676. The molecular formula is C16H27IN6S. The van der Waals surface area contributed by atoms with Crippen LogP contribution in [0.1, 0.15) is 27.7 Å². The molecule has 0 spiro atoms. The summed E-state index contributed by atoms with van der Waals surface area (Å²) in [4.78, 5) is 8.73. The molecule has 0 saturated heterocycles. The van der Waals surface area contributed by atoms with Gasteiger partial charge in [-0.05, 0) is 32.8 Å². The second-order valence-corrected chi connectivity index (χ2v) is 6.62. The molecule has 6 nitrogen and oxygen atoms in total. The fourth-order valence-electron chi connectivity index (χ4n) is 2.54. The first-order valence-corrected chi connectivity index (χ1v) is 8.73. The number of rotatable bonds is 6. The van der Waals surface area contributed by atoms with Crippen molar-refractivity contribution in [3.63, 3.8) is 0 Å². The van der Waals surface area contributed by atoms with E-state index >= 15 is 0 Å². The minimum atomic E-state index is 0. The molecule has 0 radical (unpaired) electrons. The molecule has 2 aromatic heterocycles. The van der Waals surface area contributed by atoms with Crippen molar-refractivity contribution in [1.29, 1.82) is 0 Å². The van der Waals surface area contributed by atoms with E-state index in [9.17, 15) is 0 Å². The number of aromatic nitrogens is 3. The minimum absolute atomic E-state index is 0. The largest absolute Gasteiger partial charge is 0.356 e. The quantitative estimate of drug-likeness (QED) is 0.393. The zero-order chi connectivity index (χ0) is 16.8. The minimum Gasteiger partial charge on any atom is -0.356 e. The maximum Gasteiger partial charge on any atom is 0.190 e. The van der Waals surface area contributed by atoms with Gasteiger partial charge in [0.1, 0.15) is 0 Å². The zero-order valence-corrected chi connectivity index (χ0v) is 18.2. The third-order valence-electron chi connectivity index (χ3n) is 3.89. The number of aliphatic imine (C=N–C) groups is 1. The van der Waals surface area contributed by atoms with Crippen LogP contribution in [0.4, 0.5) is 0 Å². The Labute approximate surface area is 165 Å². The molecule has 24 heavy (non-hydrogen) atoms. The van der Waals surface area contributed by atoms with Crippen LogP contribution in [0.15, 0.2) is 10.4 Å². The van der Waals surface area contributed by atoms with Gasteiger partial charge in [-0.15, -0.1) is 35.3 Å². The standard InChI is InChI=1S/C16H26N6S.HI/c1-11-15(12(2)22(5)21-11)7-9-19-16(17-4)18-8-6-14-10-23-13(3)20-14;/h10H,6-9H2,1-5H3,(H2,17,18,19);1H. The van der Waals surface area contributed by atoms with Gasteiger partial charge in [0, 0.05) is 44.7 Å². The van der Waals surface area contributed by atoms with Crippen LogP contribution in [0.3, 0.4) is 0 Å². The highest BCUT2D eigenvalue weighted by molar-refractivity contribution is 14.0. The van der Waals surface area contributed by atoms with Gasteiger partial charge in [-0.3, -0.25) is 9.67 Å². The predicted octanol–water partition coefficient (Wildman–Crippen LogP) is 2.37. The van der Waals surface area contributed by atoms with Gasteiger partial charge in [-0.1, -0.05) is 0 Å². The lowest BCUT2D eigenvalue weighted by atomic mass is 10.1. The molecule has 0 fully saturated rings. The normalized spacial score (nSPS) is 11.3. The number of aryl methyl sites for hydroxylation is 3. The molecular weight excluding hydrogens is 435 g/mol. The first-order chi connectivity index (χ1) is 11.0. The zero-order valence-electron chi connectivity index (χ0n) is 15.0. The number of hydrogen-bond acceptors (Lipinski definition) is 4. The molecule has 134 valence electrons. The number of nitrogens with one attached hydrogen (secondary N) is 2. The summed E-state index contributed by atoms with van der Waals surface area (Å²) < 4.78 is 1.94. The van der Waals surface area contributed by atoms with Gasteiger partial charge in [0.2, 0.25) is 0 Å². The second kappa shape index (κ2) is 9.97. The molecule has 2 heterocycles. The average molecular weight is 462 g/mol. The van der Waals surface area contributed by atoms with Crippen molar-refractivity contribution in [2.24, 2.45) is 12.0 Å². The fraction of sp³-hybridized carbons (Fsp3) is 0.562. The van der Waals surface area contributed by atoms with E-state index in [-0.39, 0.29) is 24.0 Å². The molecule has 2 aromatic rings. The van der Waals surface area contributed by atoms with Crippen LogP contribution < -0.4 is 10.6 Å². The van der Waals surface area contributed by atoms with E-state index in [1.54, 1.807) is 18.4 Å². The number of halogens is 1. The van der Waals surface area contributed by atoms with Gasteiger partial charge in [0.05, 0.1) is 16.4 Å². The summed E-state index contributed by atoms with van der Waals surface area (Å²) >= 11 is 1.69. The summed E-state index contributed by atoms with van der Waals surface area (Å²) in [6.45, 7) is 7.87. The predicted molar refractivity (Wildman–Crippen MR) is 112 cm³/mol. The molecule has 0 aromatic carbocycles. The first-order valence-electron chi connectivity index (χ1n) is 7.86. The van der Waals surface area contributed by atoms with Crippen LogP contribution in [0.5, 0.6) is 0 Å². The van der Waals surface area contributed by atoms with Gasteiger partial charge in [-0.2, -0.15) is 5.10 Å². The van der Waals surface area contributed by atoms with E-state index in [2.05, 4.69) is 44.9 Å². The summed E-state index contributed by atoms with van der Waals surface area (Å²) in [6, 6.07) is 0. The van der Waals surface area contributed by atoms with Crippen molar-refractivity contribution in [3.05, 3.63) is 33.0 Å². The molecule has 0 amide bonds. The maximum atomic E-state index is 4.47. The van der Waals surface area contributed by atoms with E-state index in [1.165, 1.54) is 11.3 Å². The van der Waals surface area contributed by atoms with E-state index in [1.807, 2.05) is 18.7 Å². The Morgan fingerprint density at radius 1 is 1.21 bits per heavy atom. The molecule has 0 bridgehead atoms. The van der Waals surface area contributed by atoms with Crippen molar-refractivity contribution in [1.82, 2.24) is 25.4 Å². The molecule has 0 unspecified atom stereocenters. The number of guanidine groups is 1. The van der Waals surface area contributed by atoms with Crippen LogP contribution in [0.2, 0.25) is 0 Å². The Kier molecular flexibility index (Phi) is 8.68. The maximum absolute atomic E-state index is 4.47. The van der Waals surface area contributed by atoms with Gasteiger partial charge < -0.3 is 10.6 Å². The number of hydrogen-bond donors (Lipinski definition) is 2. The van der Waals surface area contributed by atoms with Gasteiger partial charge in [0.25, 0.3) is 0 Å². The molecule has 0 aliphatic rings. The van der Waals surface area contributed by atoms with E-state index < -0.39 is 0 Å². The fourth-order valence-corrected chi connectivity index (χ4v) is 3.18. The lowest BCUT2D eigenvalue weighted by molar-refractivity contribution is 0.728. The topological polar surface area (TPSA) is 67.1 Å². The van der Waals surface area contributed by atoms with Crippen LogP contribution in [-0.4, -0.2) is 40.9 Å². The molecule has 2 rings (SSSR count). The highest BCUT2D eigenvalue weighted by Gasteiger charge is 2.09. The molecule has 0 aliphatic carbocycles.